The topological polar surface area (TPSA) is 79.1 Å². The minimum atomic E-state index is -0.745. The van der Waals surface area contributed by atoms with Gasteiger partial charge in [0.05, 0.1) is 48.3 Å². The lowest BCUT2D eigenvalue weighted by atomic mass is 9.93. The summed E-state index contributed by atoms with van der Waals surface area (Å²) in [6.45, 7) is 8.41. The van der Waals surface area contributed by atoms with Gasteiger partial charge in [0.25, 0.3) is 5.56 Å². The fraction of sp³-hybridized carbons (Fsp3) is 0.242. The number of benzene rings is 3. The molecule has 2 heterocycles. The van der Waals surface area contributed by atoms with Gasteiger partial charge in [-0.05, 0) is 114 Å². The Morgan fingerprint density at radius 1 is 1.02 bits per heavy atom. The lowest BCUT2D eigenvalue weighted by molar-refractivity contribution is -0.138. The maximum Gasteiger partial charge on any atom is 0.338 e. The van der Waals surface area contributed by atoms with Crippen LogP contribution in [-0.2, 0) is 9.53 Å². The number of esters is 1. The van der Waals surface area contributed by atoms with E-state index >= 15 is 0 Å². The smallest absolute Gasteiger partial charge is 0.338 e. The first-order chi connectivity index (χ1) is 20.7. The number of fused-ring (bicyclic) bond motifs is 1. The average Bonchev–Trinajstić information content (AvgIpc) is 3.29. The summed E-state index contributed by atoms with van der Waals surface area (Å²) in [4.78, 5) is 33.2. The largest absolute Gasteiger partial charge is 0.494 e. The Kier molecular flexibility index (Phi) is 10.1. The Labute approximate surface area is 281 Å². The minimum Gasteiger partial charge on any atom is -0.494 e. The zero-order valence-electron chi connectivity index (χ0n) is 24.1. The van der Waals surface area contributed by atoms with Crippen molar-refractivity contribution in [2.45, 2.75) is 39.8 Å². The molecule has 0 unspecified atom stereocenters. The second-order valence-corrected chi connectivity index (χ2v) is 13.2. The fourth-order valence-electron chi connectivity index (χ4n) is 4.83. The normalized spacial score (nSPS) is 14.9. The van der Waals surface area contributed by atoms with E-state index in [0.717, 1.165) is 29.6 Å². The van der Waals surface area contributed by atoms with E-state index in [0.29, 0.717) is 33.0 Å². The SMILES string of the molecule is CCOC(=O)C1=C(c2ccccc2)N=c2s/c(=C\c3cc(I)c(OC(C)C)c(I)c3)c(=O)n2[C@@H]1c1ccc(OCC)cc1. The Morgan fingerprint density at radius 3 is 2.30 bits per heavy atom. The van der Waals surface area contributed by atoms with Crippen LogP contribution in [0, 0.1) is 7.14 Å². The third-order valence-electron chi connectivity index (χ3n) is 6.55. The number of nitrogens with zero attached hydrogens (tertiary/aromatic N) is 2. The molecule has 0 N–H and O–H groups in total. The van der Waals surface area contributed by atoms with E-state index in [9.17, 15) is 9.59 Å². The first-order valence-corrected chi connectivity index (χ1v) is 16.9. The van der Waals surface area contributed by atoms with Crippen LogP contribution < -0.4 is 24.4 Å². The standard InChI is InChI=1S/C33H30I2N2O5S/c1-5-40-23-14-12-22(13-15-23)29-27(32(39)41-6-2)28(21-10-8-7-9-11-21)36-33-37(29)31(38)26(43-33)18-20-16-24(34)30(25(35)17-20)42-19(3)4/h7-19,29H,5-6H2,1-4H3/b26-18-/t29-/m1/s1. The van der Waals surface area contributed by atoms with Crippen LogP contribution in [0.15, 0.2) is 82.1 Å². The molecule has 1 aliphatic rings. The predicted octanol–water partition coefficient (Wildman–Crippen LogP) is 6.33. The van der Waals surface area contributed by atoms with Crippen LogP contribution in [-0.4, -0.2) is 29.9 Å². The molecule has 4 aromatic rings. The fourth-order valence-corrected chi connectivity index (χ4v) is 7.90. The zero-order valence-corrected chi connectivity index (χ0v) is 29.2. The first-order valence-electron chi connectivity index (χ1n) is 13.9. The summed E-state index contributed by atoms with van der Waals surface area (Å²) in [5.41, 5.74) is 2.97. The van der Waals surface area contributed by atoms with Crippen LogP contribution in [0.5, 0.6) is 11.5 Å². The molecule has 43 heavy (non-hydrogen) atoms. The number of rotatable bonds is 9. The molecular formula is C33H30I2N2O5S. The van der Waals surface area contributed by atoms with Crippen LogP contribution in [0.1, 0.15) is 50.4 Å². The highest BCUT2D eigenvalue weighted by Crippen LogP contribution is 2.36. The van der Waals surface area contributed by atoms with Crippen molar-refractivity contribution in [1.82, 2.24) is 4.57 Å². The summed E-state index contributed by atoms with van der Waals surface area (Å²) in [5, 5.41) is 0. The van der Waals surface area contributed by atoms with Crippen LogP contribution >= 0.6 is 56.5 Å². The second kappa shape index (κ2) is 13.8. The van der Waals surface area contributed by atoms with Gasteiger partial charge < -0.3 is 14.2 Å². The molecule has 1 aliphatic heterocycles. The highest BCUT2D eigenvalue weighted by molar-refractivity contribution is 14.1. The number of halogens is 2. The van der Waals surface area contributed by atoms with E-state index in [1.54, 1.807) is 11.5 Å². The molecular weight excluding hydrogens is 790 g/mol. The van der Waals surface area contributed by atoms with Gasteiger partial charge in [0.15, 0.2) is 4.80 Å². The first kappa shape index (κ1) is 31.5. The van der Waals surface area contributed by atoms with E-state index < -0.39 is 12.0 Å². The van der Waals surface area contributed by atoms with E-state index in [4.69, 9.17) is 19.2 Å². The maximum atomic E-state index is 14.2. The van der Waals surface area contributed by atoms with Gasteiger partial charge in [0, 0.05) is 5.56 Å². The molecule has 0 aliphatic carbocycles. The second-order valence-electron chi connectivity index (χ2n) is 9.91. The molecule has 0 fully saturated rings. The van der Waals surface area contributed by atoms with Crippen molar-refractivity contribution in [3.63, 3.8) is 0 Å². The third kappa shape index (κ3) is 6.75. The van der Waals surface area contributed by atoms with Crippen molar-refractivity contribution in [2.24, 2.45) is 4.99 Å². The molecule has 5 rings (SSSR count). The molecule has 0 amide bonds. The summed E-state index contributed by atoms with van der Waals surface area (Å²) >= 11 is 5.82. The highest BCUT2D eigenvalue weighted by Gasteiger charge is 2.35. The van der Waals surface area contributed by atoms with Crippen molar-refractivity contribution in [1.29, 1.82) is 0 Å². The van der Waals surface area contributed by atoms with Gasteiger partial charge in [-0.1, -0.05) is 53.8 Å². The molecule has 0 spiro atoms. The monoisotopic (exact) mass is 820 g/mol. The van der Waals surface area contributed by atoms with E-state index in [-0.39, 0.29) is 18.3 Å². The van der Waals surface area contributed by atoms with Gasteiger partial charge in [0.2, 0.25) is 0 Å². The van der Waals surface area contributed by atoms with Gasteiger partial charge in [-0.25, -0.2) is 9.79 Å². The van der Waals surface area contributed by atoms with Crippen molar-refractivity contribution in [3.8, 4) is 11.5 Å². The van der Waals surface area contributed by atoms with Gasteiger partial charge in [-0.2, -0.15) is 0 Å². The number of carbonyl (C=O) groups is 1. The maximum absolute atomic E-state index is 14.2. The number of hydrogen-bond donors (Lipinski definition) is 0. The average molecular weight is 820 g/mol. The summed E-state index contributed by atoms with van der Waals surface area (Å²) < 4.78 is 21.3. The quantitative estimate of drug-likeness (QED) is 0.146. The highest BCUT2D eigenvalue weighted by atomic mass is 127. The van der Waals surface area contributed by atoms with Gasteiger partial charge in [0.1, 0.15) is 11.5 Å². The number of hydrogen-bond acceptors (Lipinski definition) is 7. The molecule has 0 radical (unpaired) electrons. The molecule has 3 aromatic carbocycles. The molecule has 222 valence electrons. The summed E-state index contributed by atoms with van der Waals surface area (Å²) in [6.07, 6.45) is 1.92. The number of ether oxygens (including phenoxy) is 3. The van der Waals surface area contributed by atoms with Crippen molar-refractivity contribution in [3.05, 3.63) is 116 Å². The summed E-state index contributed by atoms with van der Waals surface area (Å²) in [5.74, 6) is 1.03. The lowest BCUT2D eigenvalue weighted by Crippen LogP contribution is -2.40. The number of aromatic nitrogens is 1. The Morgan fingerprint density at radius 2 is 1.70 bits per heavy atom. The molecule has 1 atom stereocenters. The summed E-state index contributed by atoms with van der Waals surface area (Å²) in [7, 11) is 0. The van der Waals surface area contributed by atoms with Crippen LogP contribution in [0.3, 0.4) is 0 Å². The number of thiazole rings is 1. The molecule has 0 saturated heterocycles. The summed E-state index contributed by atoms with van der Waals surface area (Å²) in [6, 6.07) is 20.3. The molecule has 10 heteroatoms. The van der Waals surface area contributed by atoms with Gasteiger partial charge >= 0.3 is 5.97 Å². The molecule has 0 bridgehead atoms. The van der Waals surface area contributed by atoms with Crippen molar-refractivity contribution in [2.75, 3.05) is 13.2 Å². The Bertz CT molecular complexity index is 1840. The molecule has 0 saturated carbocycles. The Hall–Kier alpha value is -2.97. The molecule has 1 aromatic heterocycles. The minimum absolute atomic E-state index is 0.0478. The predicted molar refractivity (Wildman–Crippen MR) is 186 cm³/mol. The van der Waals surface area contributed by atoms with Crippen LogP contribution in [0.2, 0.25) is 0 Å². The zero-order chi connectivity index (χ0) is 30.7. The van der Waals surface area contributed by atoms with Crippen LogP contribution in [0.4, 0.5) is 0 Å². The van der Waals surface area contributed by atoms with Crippen molar-refractivity contribution < 1.29 is 19.0 Å². The molecule has 7 nitrogen and oxygen atoms in total. The van der Waals surface area contributed by atoms with E-state index in [1.165, 1.54) is 11.3 Å². The van der Waals surface area contributed by atoms with Gasteiger partial charge in [-0.3, -0.25) is 9.36 Å². The third-order valence-corrected chi connectivity index (χ3v) is 9.14. The van der Waals surface area contributed by atoms with Gasteiger partial charge in [-0.15, -0.1) is 0 Å². The lowest BCUT2D eigenvalue weighted by Gasteiger charge is -2.26. The van der Waals surface area contributed by atoms with Crippen LogP contribution in [0.25, 0.3) is 11.8 Å². The number of carbonyl (C=O) groups excluding carboxylic acids is 1. The Balaban J connectivity index is 1.75. The van der Waals surface area contributed by atoms with E-state index in [2.05, 4.69) is 45.2 Å². The van der Waals surface area contributed by atoms with Crippen molar-refractivity contribution >= 4 is 74.3 Å². The van der Waals surface area contributed by atoms with E-state index in [1.807, 2.05) is 93.6 Å².